The topological polar surface area (TPSA) is 44.1 Å². The lowest BCUT2D eigenvalue weighted by Crippen LogP contribution is -2.31. The summed E-state index contributed by atoms with van der Waals surface area (Å²) in [5.41, 5.74) is 1.47. The van der Waals surface area contributed by atoms with Crippen molar-refractivity contribution >= 4 is 17.5 Å². The highest BCUT2D eigenvalue weighted by molar-refractivity contribution is 6.30. The summed E-state index contributed by atoms with van der Waals surface area (Å²) < 4.78 is 0. The van der Waals surface area contributed by atoms with Crippen LogP contribution >= 0.6 is 11.6 Å². The lowest BCUT2D eigenvalue weighted by atomic mass is 10.1. The van der Waals surface area contributed by atoms with E-state index in [1.165, 1.54) is 0 Å². The van der Waals surface area contributed by atoms with Gasteiger partial charge in [-0.25, -0.2) is 0 Å². The van der Waals surface area contributed by atoms with Crippen LogP contribution in [0.3, 0.4) is 0 Å². The fraction of sp³-hybridized carbons (Fsp3) is 0.385. The van der Waals surface area contributed by atoms with E-state index in [9.17, 15) is 4.79 Å². The number of halogens is 1. The molecule has 0 saturated heterocycles. The van der Waals surface area contributed by atoms with Crippen molar-refractivity contribution in [3.05, 3.63) is 34.3 Å². The van der Waals surface area contributed by atoms with Gasteiger partial charge < -0.3 is 4.90 Å². The molecule has 0 N–H and O–H groups in total. The van der Waals surface area contributed by atoms with E-state index in [1.807, 2.05) is 6.92 Å². The zero-order valence-corrected chi connectivity index (χ0v) is 11.0. The highest BCUT2D eigenvalue weighted by Crippen LogP contribution is 2.16. The van der Waals surface area contributed by atoms with Gasteiger partial charge in [-0.05, 0) is 37.6 Å². The van der Waals surface area contributed by atoms with Gasteiger partial charge in [0.15, 0.2) is 0 Å². The third-order valence-corrected chi connectivity index (χ3v) is 2.77. The van der Waals surface area contributed by atoms with Crippen LogP contribution in [0.5, 0.6) is 0 Å². The van der Waals surface area contributed by atoms with Crippen molar-refractivity contribution in [2.45, 2.75) is 13.8 Å². The molecule has 1 aromatic rings. The minimum absolute atomic E-state index is 0.0822. The van der Waals surface area contributed by atoms with Crippen LogP contribution in [0.25, 0.3) is 0 Å². The summed E-state index contributed by atoms with van der Waals surface area (Å²) in [6.45, 7) is 4.07. The van der Waals surface area contributed by atoms with Gasteiger partial charge in [0.25, 0.3) is 5.91 Å². The van der Waals surface area contributed by atoms with Gasteiger partial charge in [0.2, 0.25) is 0 Å². The molecule has 1 amide bonds. The molecule has 0 saturated carbocycles. The molecule has 0 fully saturated rings. The predicted octanol–water partition coefficient (Wildman–Crippen LogP) is 2.88. The third-order valence-electron chi connectivity index (χ3n) is 2.53. The van der Waals surface area contributed by atoms with Crippen molar-refractivity contribution in [2.75, 3.05) is 13.6 Å². The molecule has 3 nitrogen and oxygen atoms in total. The van der Waals surface area contributed by atoms with Crippen molar-refractivity contribution in [1.29, 1.82) is 5.26 Å². The number of nitriles is 1. The van der Waals surface area contributed by atoms with E-state index >= 15 is 0 Å². The van der Waals surface area contributed by atoms with E-state index < -0.39 is 0 Å². The zero-order valence-electron chi connectivity index (χ0n) is 10.2. The van der Waals surface area contributed by atoms with Gasteiger partial charge in [-0.1, -0.05) is 11.6 Å². The molecule has 1 rings (SSSR count). The number of aryl methyl sites for hydroxylation is 1. The van der Waals surface area contributed by atoms with E-state index in [4.69, 9.17) is 16.9 Å². The van der Waals surface area contributed by atoms with Crippen LogP contribution in [0, 0.1) is 24.2 Å². The van der Waals surface area contributed by atoms with Gasteiger partial charge in [-0.3, -0.25) is 4.79 Å². The first-order chi connectivity index (χ1) is 7.95. The van der Waals surface area contributed by atoms with Gasteiger partial charge in [-0.2, -0.15) is 5.26 Å². The number of benzene rings is 1. The molecule has 1 aromatic carbocycles. The maximum absolute atomic E-state index is 12.1. The molecule has 0 aliphatic carbocycles. The van der Waals surface area contributed by atoms with Gasteiger partial charge in [-0.15, -0.1) is 0 Å². The average molecular weight is 251 g/mol. The summed E-state index contributed by atoms with van der Waals surface area (Å²) in [5, 5.41) is 9.34. The summed E-state index contributed by atoms with van der Waals surface area (Å²) in [4.78, 5) is 13.7. The van der Waals surface area contributed by atoms with Crippen molar-refractivity contribution in [1.82, 2.24) is 4.90 Å². The molecule has 0 heterocycles. The lowest BCUT2D eigenvalue weighted by Gasteiger charge is -2.19. The number of carbonyl (C=O) groups excluding carboxylic acids is 1. The number of hydrogen-bond donors (Lipinski definition) is 0. The quantitative estimate of drug-likeness (QED) is 0.828. The lowest BCUT2D eigenvalue weighted by molar-refractivity contribution is 0.0784. The molecule has 0 spiro atoms. The van der Waals surface area contributed by atoms with Crippen LogP contribution in [-0.2, 0) is 0 Å². The number of carbonyl (C=O) groups is 1. The van der Waals surface area contributed by atoms with E-state index in [0.29, 0.717) is 17.1 Å². The zero-order chi connectivity index (χ0) is 13.0. The summed E-state index contributed by atoms with van der Waals surface area (Å²) in [6, 6.07) is 7.28. The van der Waals surface area contributed by atoms with E-state index in [-0.39, 0.29) is 11.8 Å². The molecular formula is C13H15ClN2O. The molecule has 1 unspecified atom stereocenters. The normalized spacial score (nSPS) is 11.7. The van der Waals surface area contributed by atoms with E-state index in [0.717, 1.165) is 5.56 Å². The first-order valence-corrected chi connectivity index (χ1v) is 5.74. The summed E-state index contributed by atoms with van der Waals surface area (Å²) in [5.74, 6) is -0.252. The minimum Gasteiger partial charge on any atom is -0.340 e. The Kier molecular flexibility index (Phi) is 4.53. The van der Waals surface area contributed by atoms with Crippen LogP contribution < -0.4 is 0 Å². The summed E-state index contributed by atoms with van der Waals surface area (Å²) in [7, 11) is 1.70. The molecule has 17 heavy (non-hydrogen) atoms. The van der Waals surface area contributed by atoms with Crippen LogP contribution in [0.2, 0.25) is 5.02 Å². The summed E-state index contributed by atoms with van der Waals surface area (Å²) in [6.07, 6.45) is 0. The Morgan fingerprint density at radius 1 is 1.59 bits per heavy atom. The van der Waals surface area contributed by atoms with Crippen molar-refractivity contribution in [3.8, 4) is 6.07 Å². The number of nitrogens with zero attached hydrogens (tertiary/aromatic N) is 2. The second-order valence-corrected chi connectivity index (χ2v) is 4.61. The Hall–Kier alpha value is -1.53. The largest absolute Gasteiger partial charge is 0.340 e. The molecule has 1 atom stereocenters. The molecule has 0 radical (unpaired) electrons. The average Bonchev–Trinajstić information content (AvgIpc) is 2.28. The van der Waals surface area contributed by atoms with Crippen LogP contribution in [-0.4, -0.2) is 24.4 Å². The smallest absolute Gasteiger partial charge is 0.253 e. The maximum atomic E-state index is 12.1. The third kappa shape index (κ3) is 3.47. The molecule has 90 valence electrons. The first kappa shape index (κ1) is 13.5. The van der Waals surface area contributed by atoms with Crippen LogP contribution in [0.15, 0.2) is 18.2 Å². The van der Waals surface area contributed by atoms with Crippen molar-refractivity contribution < 1.29 is 4.79 Å². The molecule has 0 bridgehead atoms. The van der Waals surface area contributed by atoms with Gasteiger partial charge in [0.1, 0.15) is 0 Å². The second-order valence-electron chi connectivity index (χ2n) is 4.18. The number of hydrogen-bond acceptors (Lipinski definition) is 2. The first-order valence-electron chi connectivity index (χ1n) is 5.37. The molecule has 0 aliphatic heterocycles. The predicted molar refractivity (Wildman–Crippen MR) is 67.9 cm³/mol. The minimum atomic E-state index is -0.170. The van der Waals surface area contributed by atoms with E-state index in [2.05, 4.69) is 6.07 Å². The summed E-state index contributed by atoms with van der Waals surface area (Å²) >= 11 is 5.84. The fourth-order valence-corrected chi connectivity index (χ4v) is 1.83. The number of rotatable bonds is 3. The van der Waals surface area contributed by atoms with Crippen molar-refractivity contribution in [3.63, 3.8) is 0 Å². The van der Waals surface area contributed by atoms with Crippen molar-refractivity contribution in [2.24, 2.45) is 5.92 Å². The second kappa shape index (κ2) is 5.70. The number of amides is 1. The Bertz CT molecular complexity index is 465. The molecule has 0 aliphatic rings. The van der Waals surface area contributed by atoms with Gasteiger partial charge >= 0.3 is 0 Å². The van der Waals surface area contributed by atoms with Gasteiger partial charge in [0.05, 0.1) is 12.0 Å². The fourth-order valence-electron chi connectivity index (χ4n) is 1.61. The van der Waals surface area contributed by atoms with Gasteiger partial charge in [0, 0.05) is 24.2 Å². The maximum Gasteiger partial charge on any atom is 0.253 e. The SMILES string of the molecule is Cc1cc(Cl)ccc1C(=O)N(C)CC(C)C#N. The Morgan fingerprint density at radius 2 is 2.24 bits per heavy atom. The van der Waals surface area contributed by atoms with Crippen LogP contribution in [0.1, 0.15) is 22.8 Å². The van der Waals surface area contributed by atoms with Crippen LogP contribution in [0.4, 0.5) is 0 Å². The van der Waals surface area contributed by atoms with E-state index in [1.54, 1.807) is 37.1 Å². The molecule has 4 heteroatoms. The Balaban J connectivity index is 2.86. The highest BCUT2D eigenvalue weighted by atomic mass is 35.5. The Labute approximate surface area is 107 Å². The highest BCUT2D eigenvalue weighted by Gasteiger charge is 2.16. The molecular weight excluding hydrogens is 236 g/mol. The standard InChI is InChI=1S/C13H15ClN2O/c1-9(7-15)8-16(3)13(17)12-5-4-11(14)6-10(12)2/h4-6,9H,8H2,1-3H3. The molecule has 0 aromatic heterocycles. The monoisotopic (exact) mass is 250 g/mol. The Morgan fingerprint density at radius 3 is 2.76 bits per heavy atom.